The maximum absolute atomic E-state index is 11.6. The van der Waals surface area contributed by atoms with Crippen molar-refractivity contribution >= 4 is 18.3 Å². The molecule has 1 atom stereocenters. The normalized spacial score (nSPS) is 28.4. The lowest BCUT2D eigenvalue weighted by Gasteiger charge is -2.37. The smallest absolute Gasteiger partial charge is 0.222 e. The van der Waals surface area contributed by atoms with Crippen LogP contribution in [0.2, 0.25) is 0 Å². The van der Waals surface area contributed by atoms with Gasteiger partial charge < -0.3 is 10.2 Å². The van der Waals surface area contributed by atoms with Crippen LogP contribution in [-0.4, -0.2) is 36.5 Å². The standard InChI is InChI=1S/C10H18N2O.ClH/c13-10-5-1-2-7-12(10)9-4-3-6-11-8-9;/h9,11H,1-8H2;1H/t9-;/m1./s1. The second-order valence-corrected chi connectivity index (χ2v) is 4.04. The number of carbonyl (C=O) groups is 1. The zero-order chi connectivity index (χ0) is 9.10. The van der Waals surface area contributed by atoms with Gasteiger partial charge in [-0.25, -0.2) is 0 Å². The molecule has 2 heterocycles. The highest BCUT2D eigenvalue weighted by molar-refractivity contribution is 5.85. The maximum Gasteiger partial charge on any atom is 0.222 e. The Morgan fingerprint density at radius 2 is 2.14 bits per heavy atom. The first-order valence-electron chi connectivity index (χ1n) is 5.38. The van der Waals surface area contributed by atoms with Crippen LogP contribution in [0.25, 0.3) is 0 Å². The van der Waals surface area contributed by atoms with E-state index >= 15 is 0 Å². The maximum atomic E-state index is 11.6. The molecule has 0 bridgehead atoms. The highest BCUT2D eigenvalue weighted by atomic mass is 35.5. The molecule has 2 fully saturated rings. The highest BCUT2D eigenvalue weighted by Crippen LogP contribution is 2.17. The van der Waals surface area contributed by atoms with Gasteiger partial charge in [0.1, 0.15) is 0 Å². The molecule has 0 aliphatic carbocycles. The van der Waals surface area contributed by atoms with Gasteiger partial charge >= 0.3 is 0 Å². The number of hydrogen-bond acceptors (Lipinski definition) is 2. The lowest BCUT2D eigenvalue weighted by atomic mass is 10.0. The molecule has 0 aromatic carbocycles. The Balaban J connectivity index is 0.000000980. The molecule has 2 aliphatic rings. The van der Waals surface area contributed by atoms with Crippen LogP contribution in [0.4, 0.5) is 0 Å². The molecule has 2 aliphatic heterocycles. The number of carbonyl (C=O) groups excluding carboxylic acids is 1. The molecule has 0 aromatic heterocycles. The third kappa shape index (κ3) is 2.61. The Kier molecular flexibility index (Phi) is 4.69. The van der Waals surface area contributed by atoms with E-state index in [1.54, 1.807) is 0 Å². The molecule has 1 N–H and O–H groups in total. The first-order valence-corrected chi connectivity index (χ1v) is 5.38. The van der Waals surface area contributed by atoms with E-state index in [4.69, 9.17) is 0 Å². The summed E-state index contributed by atoms with van der Waals surface area (Å²) in [5, 5.41) is 3.36. The topological polar surface area (TPSA) is 32.3 Å². The first-order chi connectivity index (χ1) is 6.38. The Morgan fingerprint density at radius 1 is 1.29 bits per heavy atom. The summed E-state index contributed by atoms with van der Waals surface area (Å²) in [4.78, 5) is 13.7. The van der Waals surface area contributed by atoms with Crippen LogP contribution in [0.1, 0.15) is 32.1 Å². The van der Waals surface area contributed by atoms with Gasteiger partial charge in [0.2, 0.25) is 5.91 Å². The number of nitrogens with zero attached hydrogens (tertiary/aromatic N) is 1. The monoisotopic (exact) mass is 218 g/mol. The fraction of sp³-hybridized carbons (Fsp3) is 0.900. The molecule has 2 rings (SSSR count). The van der Waals surface area contributed by atoms with E-state index in [0.29, 0.717) is 11.9 Å². The molecule has 0 radical (unpaired) electrons. The SMILES string of the molecule is Cl.O=C1CCCCN1[C@@H]1CCCNC1. The average molecular weight is 219 g/mol. The van der Waals surface area contributed by atoms with Gasteiger partial charge in [0.05, 0.1) is 0 Å². The van der Waals surface area contributed by atoms with Crippen molar-refractivity contribution in [2.75, 3.05) is 19.6 Å². The molecule has 14 heavy (non-hydrogen) atoms. The fourth-order valence-electron chi connectivity index (χ4n) is 2.31. The summed E-state index contributed by atoms with van der Waals surface area (Å²) in [6.45, 7) is 3.12. The van der Waals surface area contributed by atoms with E-state index in [9.17, 15) is 4.79 Å². The first kappa shape index (κ1) is 11.8. The number of halogens is 1. The average Bonchev–Trinajstić information content (AvgIpc) is 2.20. The minimum Gasteiger partial charge on any atom is -0.338 e. The molecule has 0 aromatic rings. The van der Waals surface area contributed by atoms with Crippen LogP contribution in [0, 0.1) is 0 Å². The van der Waals surface area contributed by atoms with Crippen molar-refractivity contribution in [3.8, 4) is 0 Å². The highest BCUT2D eigenvalue weighted by Gasteiger charge is 2.26. The fourth-order valence-corrected chi connectivity index (χ4v) is 2.31. The van der Waals surface area contributed by atoms with E-state index in [1.807, 2.05) is 0 Å². The predicted molar refractivity (Wildman–Crippen MR) is 58.7 cm³/mol. The number of nitrogens with one attached hydrogen (secondary N) is 1. The summed E-state index contributed by atoms with van der Waals surface area (Å²) in [7, 11) is 0. The molecule has 0 unspecified atom stereocenters. The van der Waals surface area contributed by atoms with Crippen molar-refractivity contribution in [1.29, 1.82) is 0 Å². The van der Waals surface area contributed by atoms with Gasteiger partial charge in [0.15, 0.2) is 0 Å². The lowest BCUT2D eigenvalue weighted by molar-refractivity contribution is -0.136. The summed E-state index contributed by atoms with van der Waals surface area (Å²) >= 11 is 0. The van der Waals surface area contributed by atoms with Crippen molar-refractivity contribution in [1.82, 2.24) is 10.2 Å². The largest absolute Gasteiger partial charge is 0.338 e. The number of hydrogen-bond donors (Lipinski definition) is 1. The van der Waals surface area contributed by atoms with Crippen LogP contribution in [0.15, 0.2) is 0 Å². The summed E-state index contributed by atoms with van der Waals surface area (Å²) < 4.78 is 0. The van der Waals surface area contributed by atoms with Gasteiger partial charge in [0, 0.05) is 25.6 Å². The summed E-state index contributed by atoms with van der Waals surface area (Å²) in [5.41, 5.74) is 0. The zero-order valence-electron chi connectivity index (χ0n) is 8.50. The molecule has 82 valence electrons. The van der Waals surface area contributed by atoms with Crippen molar-refractivity contribution in [2.45, 2.75) is 38.1 Å². The Bertz CT molecular complexity index is 193. The predicted octanol–water partition coefficient (Wildman–Crippen LogP) is 1.17. The summed E-state index contributed by atoms with van der Waals surface area (Å²) in [5.74, 6) is 0.375. The van der Waals surface area contributed by atoms with Gasteiger partial charge in [0.25, 0.3) is 0 Å². The number of piperidine rings is 2. The van der Waals surface area contributed by atoms with Gasteiger partial charge in [-0.15, -0.1) is 12.4 Å². The molecule has 0 saturated carbocycles. The molecule has 2 saturated heterocycles. The Labute approximate surface area is 91.6 Å². The van der Waals surface area contributed by atoms with E-state index < -0.39 is 0 Å². The van der Waals surface area contributed by atoms with Crippen LogP contribution >= 0.6 is 12.4 Å². The second-order valence-electron chi connectivity index (χ2n) is 4.04. The molecular formula is C10H19ClN2O. The molecule has 1 amide bonds. The second kappa shape index (κ2) is 5.56. The van der Waals surface area contributed by atoms with Gasteiger partial charge in [-0.1, -0.05) is 0 Å². The van der Waals surface area contributed by atoms with Crippen molar-refractivity contribution in [3.05, 3.63) is 0 Å². The summed E-state index contributed by atoms with van der Waals surface area (Å²) in [6, 6.07) is 0.488. The van der Waals surface area contributed by atoms with Crippen LogP contribution in [0.5, 0.6) is 0 Å². The van der Waals surface area contributed by atoms with Gasteiger partial charge in [-0.05, 0) is 32.2 Å². The van der Waals surface area contributed by atoms with Crippen molar-refractivity contribution < 1.29 is 4.79 Å². The van der Waals surface area contributed by atoms with Crippen molar-refractivity contribution in [2.24, 2.45) is 0 Å². The summed E-state index contributed by atoms with van der Waals surface area (Å²) in [6.07, 6.45) is 5.47. The minimum atomic E-state index is 0. The zero-order valence-corrected chi connectivity index (χ0v) is 9.31. The van der Waals surface area contributed by atoms with Gasteiger partial charge in [-0.3, -0.25) is 4.79 Å². The van der Waals surface area contributed by atoms with Gasteiger partial charge in [-0.2, -0.15) is 0 Å². The third-order valence-electron chi connectivity index (χ3n) is 3.07. The van der Waals surface area contributed by atoms with E-state index in [0.717, 1.165) is 32.5 Å². The molecule has 0 spiro atoms. The van der Waals surface area contributed by atoms with Crippen molar-refractivity contribution in [3.63, 3.8) is 0 Å². The van der Waals surface area contributed by atoms with E-state index in [1.165, 1.54) is 19.3 Å². The number of amides is 1. The van der Waals surface area contributed by atoms with Crippen LogP contribution in [0.3, 0.4) is 0 Å². The lowest BCUT2D eigenvalue weighted by Crippen LogP contribution is -2.50. The third-order valence-corrected chi connectivity index (χ3v) is 3.07. The number of rotatable bonds is 1. The van der Waals surface area contributed by atoms with E-state index in [-0.39, 0.29) is 12.4 Å². The van der Waals surface area contributed by atoms with Crippen LogP contribution in [-0.2, 0) is 4.79 Å². The van der Waals surface area contributed by atoms with Crippen LogP contribution < -0.4 is 5.32 Å². The molecular weight excluding hydrogens is 200 g/mol. The Hall–Kier alpha value is -0.280. The minimum absolute atomic E-state index is 0. The molecule has 4 heteroatoms. The molecule has 3 nitrogen and oxygen atoms in total. The van der Waals surface area contributed by atoms with E-state index in [2.05, 4.69) is 10.2 Å². The quantitative estimate of drug-likeness (QED) is 0.717. The Morgan fingerprint density at radius 3 is 2.79 bits per heavy atom. The number of likely N-dealkylation sites (tertiary alicyclic amines) is 1.